The molecular weight excluding hydrogens is 360 g/mol. The standard InChI is InChI=1S/C20H26N4O2S/c21-20(23-26-15-19(25)22-13-17-8-6-12-27-17)18-9-3-2-7-16(18)14-24-10-4-1-5-11-24/h2-3,6-9,12H,1,4-5,10-11,13-15H2,(H2,21,23)(H,22,25). The highest BCUT2D eigenvalue weighted by Crippen LogP contribution is 2.16. The SMILES string of the molecule is N/C(=N\OCC(=O)NCc1cccs1)c1ccccc1CN1CCCCC1. The van der Waals surface area contributed by atoms with Crippen LogP contribution in [-0.4, -0.2) is 36.3 Å². The molecule has 0 atom stereocenters. The Bertz CT molecular complexity index is 755. The number of thiophene rings is 1. The molecule has 0 bridgehead atoms. The first-order chi connectivity index (χ1) is 13.2. The third kappa shape index (κ3) is 6.08. The van der Waals surface area contributed by atoms with Crippen LogP contribution in [0, 0.1) is 0 Å². The molecule has 1 saturated heterocycles. The quantitative estimate of drug-likeness (QED) is 0.415. The number of nitrogens with zero attached hydrogens (tertiary/aromatic N) is 2. The minimum Gasteiger partial charge on any atom is -0.384 e. The second-order valence-corrected chi connectivity index (χ2v) is 7.63. The van der Waals surface area contributed by atoms with Crippen LogP contribution in [0.2, 0.25) is 0 Å². The van der Waals surface area contributed by atoms with Gasteiger partial charge < -0.3 is 15.9 Å². The minimum absolute atomic E-state index is 0.152. The number of benzene rings is 1. The summed E-state index contributed by atoms with van der Waals surface area (Å²) in [6.07, 6.45) is 3.80. The van der Waals surface area contributed by atoms with Crippen LogP contribution in [-0.2, 0) is 22.7 Å². The first-order valence-electron chi connectivity index (χ1n) is 9.27. The minimum atomic E-state index is -0.221. The number of rotatable bonds is 8. The average Bonchev–Trinajstić information content (AvgIpc) is 3.21. The van der Waals surface area contributed by atoms with Gasteiger partial charge in [-0.25, -0.2) is 0 Å². The molecule has 27 heavy (non-hydrogen) atoms. The zero-order valence-corrected chi connectivity index (χ0v) is 16.2. The molecule has 1 aliphatic rings. The molecular formula is C20H26N4O2S. The highest BCUT2D eigenvalue weighted by atomic mass is 32.1. The Kier molecular flexibility index (Phi) is 7.24. The first-order valence-corrected chi connectivity index (χ1v) is 10.2. The summed E-state index contributed by atoms with van der Waals surface area (Å²) in [6, 6.07) is 11.9. The molecule has 2 heterocycles. The van der Waals surface area contributed by atoms with E-state index in [-0.39, 0.29) is 12.5 Å². The van der Waals surface area contributed by atoms with E-state index in [1.165, 1.54) is 19.3 Å². The van der Waals surface area contributed by atoms with Crippen LogP contribution in [0.4, 0.5) is 0 Å². The molecule has 0 unspecified atom stereocenters. The largest absolute Gasteiger partial charge is 0.384 e. The summed E-state index contributed by atoms with van der Waals surface area (Å²) < 4.78 is 0. The van der Waals surface area contributed by atoms with Gasteiger partial charge in [-0.3, -0.25) is 9.69 Å². The van der Waals surface area contributed by atoms with Crippen LogP contribution in [0.3, 0.4) is 0 Å². The molecule has 1 aromatic heterocycles. The third-order valence-electron chi connectivity index (χ3n) is 4.53. The molecule has 0 saturated carbocycles. The van der Waals surface area contributed by atoms with E-state index in [0.29, 0.717) is 12.4 Å². The molecule has 3 N–H and O–H groups in total. The van der Waals surface area contributed by atoms with Gasteiger partial charge in [0.1, 0.15) is 0 Å². The van der Waals surface area contributed by atoms with Crippen molar-refractivity contribution in [2.75, 3.05) is 19.7 Å². The molecule has 6 nitrogen and oxygen atoms in total. The monoisotopic (exact) mass is 386 g/mol. The van der Waals surface area contributed by atoms with Crippen molar-refractivity contribution in [1.29, 1.82) is 0 Å². The fourth-order valence-electron chi connectivity index (χ4n) is 3.13. The van der Waals surface area contributed by atoms with E-state index in [1.54, 1.807) is 11.3 Å². The molecule has 0 aliphatic carbocycles. The van der Waals surface area contributed by atoms with Crippen LogP contribution in [0.25, 0.3) is 0 Å². The van der Waals surface area contributed by atoms with Crippen molar-refractivity contribution in [3.63, 3.8) is 0 Å². The summed E-state index contributed by atoms with van der Waals surface area (Å²) in [7, 11) is 0. The van der Waals surface area contributed by atoms with Gasteiger partial charge in [0.15, 0.2) is 12.4 Å². The molecule has 1 aliphatic heterocycles. The molecule has 144 valence electrons. The Morgan fingerprint density at radius 3 is 2.78 bits per heavy atom. The van der Waals surface area contributed by atoms with Gasteiger partial charge >= 0.3 is 0 Å². The normalized spacial score (nSPS) is 15.5. The van der Waals surface area contributed by atoms with Crippen molar-refractivity contribution in [3.05, 3.63) is 57.8 Å². The summed E-state index contributed by atoms with van der Waals surface area (Å²) in [5.74, 6) is 0.0789. The fourth-order valence-corrected chi connectivity index (χ4v) is 3.77. The van der Waals surface area contributed by atoms with Crippen LogP contribution >= 0.6 is 11.3 Å². The lowest BCUT2D eigenvalue weighted by atomic mass is 10.0. The maximum Gasteiger partial charge on any atom is 0.261 e. The van der Waals surface area contributed by atoms with E-state index in [1.807, 2.05) is 35.7 Å². The molecule has 1 aromatic carbocycles. The van der Waals surface area contributed by atoms with E-state index < -0.39 is 0 Å². The number of amidine groups is 1. The lowest BCUT2D eigenvalue weighted by Crippen LogP contribution is -2.30. The molecule has 2 aromatic rings. The number of hydrogen-bond acceptors (Lipinski definition) is 5. The van der Waals surface area contributed by atoms with Gasteiger partial charge in [0.05, 0.1) is 6.54 Å². The Morgan fingerprint density at radius 2 is 2.00 bits per heavy atom. The molecule has 0 radical (unpaired) electrons. The summed E-state index contributed by atoms with van der Waals surface area (Å²) >= 11 is 1.60. The van der Waals surface area contributed by atoms with Crippen LogP contribution in [0.15, 0.2) is 46.9 Å². The smallest absolute Gasteiger partial charge is 0.261 e. The fraction of sp³-hybridized carbons (Fsp3) is 0.400. The van der Waals surface area contributed by atoms with Crippen molar-refractivity contribution in [1.82, 2.24) is 10.2 Å². The van der Waals surface area contributed by atoms with E-state index >= 15 is 0 Å². The maximum absolute atomic E-state index is 11.8. The van der Waals surface area contributed by atoms with E-state index in [4.69, 9.17) is 10.6 Å². The number of nitrogens with two attached hydrogens (primary N) is 1. The zero-order chi connectivity index (χ0) is 18.9. The Morgan fingerprint density at radius 1 is 1.19 bits per heavy atom. The Balaban J connectivity index is 1.51. The van der Waals surface area contributed by atoms with Crippen molar-refractivity contribution in [2.24, 2.45) is 10.9 Å². The molecule has 1 fully saturated rings. The van der Waals surface area contributed by atoms with E-state index in [2.05, 4.69) is 21.4 Å². The predicted octanol–water partition coefficient (Wildman–Crippen LogP) is 2.69. The topological polar surface area (TPSA) is 80.0 Å². The first kappa shape index (κ1) is 19.4. The number of oxime groups is 1. The zero-order valence-electron chi connectivity index (χ0n) is 15.4. The van der Waals surface area contributed by atoms with E-state index in [0.717, 1.165) is 35.6 Å². The summed E-state index contributed by atoms with van der Waals surface area (Å²) in [5.41, 5.74) is 8.11. The van der Waals surface area contributed by atoms with Crippen molar-refractivity contribution >= 4 is 23.1 Å². The van der Waals surface area contributed by atoms with Gasteiger partial charge in [0.25, 0.3) is 5.91 Å². The van der Waals surface area contributed by atoms with Gasteiger partial charge in [0.2, 0.25) is 0 Å². The van der Waals surface area contributed by atoms with Gasteiger partial charge in [-0.15, -0.1) is 11.3 Å². The van der Waals surface area contributed by atoms with Gasteiger partial charge in [-0.2, -0.15) is 0 Å². The van der Waals surface area contributed by atoms with E-state index in [9.17, 15) is 4.79 Å². The number of piperidine rings is 1. The van der Waals surface area contributed by atoms with Crippen LogP contribution in [0.5, 0.6) is 0 Å². The summed E-state index contributed by atoms with van der Waals surface area (Å²) in [5, 5.41) is 8.72. The van der Waals surface area contributed by atoms with Crippen molar-refractivity contribution in [3.8, 4) is 0 Å². The summed E-state index contributed by atoms with van der Waals surface area (Å²) in [4.78, 5) is 20.5. The molecule has 0 spiro atoms. The van der Waals surface area contributed by atoms with Gasteiger partial charge in [-0.1, -0.05) is 41.9 Å². The molecule has 3 rings (SSSR count). The number of amides is 1. The number of carbonyl (C=O) groups is 1. The predicted molar refractivity (Wildman–Crippen MR) is 108 cm³/mol. The lowest BCUT2D eigenvalue weighted by Gasteiger charge is -2.27. The van der Waals surface area contributed by atoms with Crippen LogP contribution in [0.1, 0.15) is 35.3 Å². The Labute approximate surface area is 164 Å². The van der Waals surface area contributed by atoms with Crippen molar-refractivity contribution < 1.29 is 9.63 Å². The molecule has 1 amide bonds. The van der Waals surface area contributed by atoms with Crippen molar-refractivity contribution in [2.45, 2.75) is 32.4 Å². The molecule has 7 heteroatoms. The summed E-state index contributed by atoms with van der Waals surface area (Å²) in [6.45, 7) is 3.43. The second kappa shape index (κ2) is 10.1. The maximum atomic E-state index is 11.8. The second-order valence-electron chi connectivity index (χ2n) is 6.60. The average molecular weight is 387 g/mol. The van der Waals surface area contributed by atoms with Gasteiger partial charge in [-0.05, 0) is 42.9 Å². The Hall–Kier alpha value is -2.38. The van der Waals surface area contributed by atoms with Gasteiger partial charge in [0, 0.05) is 17.0 Å². The number of nitrogens with one attached hydrogen (secondary N) is 1. The highest BCUT2D eigenvalue weighted by Gasteiger charge is 2.14. The lowest BCUT2D eigenvalue weighted by molar-refractivity contribution is -0.125. The number of likely N-dealkylation sites (tertiary alicyclic amines) is 1. The third-order valence-corrected chi connectivity index (χ3v) is 5.41. The van der Waals surface area contributed by atoms with Crippen LogP contribution < -0.4 is 11.1 Å². The highest BCUT2D eigenvalue weighted by molar-refractivity contribution is 7.09. The number of carbonyl (C=O) groups excluding carboxylic acids is 1. The number of hydrogen-bond donors (Lipinski definition) is 2.